The Bertz CT molecular complexity index is 437. The van der Waals surface area contributed by atoms with Crippen molar-refractivity contribution in [1.29, 1.82) is 5.26 Å². The standard InChI is InChI=1S/C12H13NO3/c1-3-10-5-6-11(16-10)7-9(8-13)12(14)15-4-2/h5-7H,3-4H2,1-2H3. The predicted octanol–water partition coefficient (Wildman–Crippen LogP) is 2.31. The van der Waals surface area contributed by atoms with Gasteiger partial charge in [0.05, 0.1) is 6.61 Å². The molecule has 0 fully saturated rings. The molecule has 0 radical (unpaired) electrons. The molecule has 0 atom stereocenters. The summed E-state index contributed by atoms with van der Waals surface area (Å²) < 4.78 is 10.1. The summed E-state index contributed by atoms with van der Waals surface area (Å²) in [7, 11) is 0. The number of nitriles is 1. The normalized spacial score (nSPS) is 10.9. The minimum absolute atomic E-state index is 0.0566. The monoisotopic (exact) mass is 219 g/mol. The van der Waals surface area contributed by atoms with Gasteiger partial charge in [0.2, 0.25) is 0 Å². The zero-order valence-corrected chi connectivity index (χ0v) is 9.32. The molecular formula is C12H13NO3. The van der Waals surface area contributed by atoms with Gasteiger partial charge in [-0.15, -0.1) is 0 Å². The van der Waals surface area contributed by atoms with Crippen LogP contribution in [0.15, 0.2) is 22.1 Å². The van der Waals surface area contributed by atoms with Crippen molar-refractivity contribution in [2.24, 2.45) is 0 Å². The van der Waals surface area contributed by atoms with Gasteiger partial charge in [-0.1, -0.05) is 6.92 Å². The average Bonchev–Trinajstić information content (AvgIpc) is 2.73. The molecule has 0 unspecified atom stereocenters. The molecule has 0 aromatic carbocycles. The fourth-order valence-electron chi connectivity index (χ4n) is 1.15. The SMILES string of the molecule is CCOC(=O)C(C#N)=Cc1ccc(CC)o1. The highest BCUT2D eigenvalue weighted by Crippen LogP contribution is 2.12. The molecule has 0 aliphatic rings. The number of ether oxygens (including phenoxy) is 1. The van der Waals surface area contributed by atoms with Gasteiger partial charge >= 0.3 is 5.97 Å². The van der Waals surface area contributed by atoms with Crippen molar-refractivity contribution in [2.45, 2.75) is 20.3 Å². The van der Waals surface area contributed by atoms with Crippen molar-refractivity contribution >= 4 is 12.0 Å². The molecule has 0 N–H and O–H groups in total. The minimum atomic E-state index is -0.626. The summed E-state index contributed by atoms with van der Waals surface area (Å²) in [5, 5.41) is 8.79. The zero-order chi connectivity index (χ0) is 12.0. The minimum Gasteiger partial charge on any atom is -0.462 e. The molecule has 0 aliphatic heterocycles. The zero-order valence-electron chi connectivity index (χ0n) is 9.32. The number of carbonyl (C=O) groups is 1. The summed E-state index contributed by atoms with van der Waals surface area (Å²) in [6, 6.07) is 5.32. The molecule has 0 saturated carbocycles. The lowest BCUT2D eigenvalue weighted by Gasteiger charge is -1.97. The van der Waals surface area contributed by atoms with Crippen molar-refractivity contribution in [3.8, 4) is 6.07 Å². The Balaban J connectivity index is 2.88. The summed E-state index contributed by atoms with van der Waals surface area (Å²) in [4.78, 5) is 11.3. The predicted molar refractivity (Wildman–Crippen MR) is 58.3 cm³/mol. The van der Waals surface area contributed by atoms with Crippen LogP contribution in [-0.4, -0.2) is 12.6 Å². The van der Waals surface area contributed by atoms with Crippen LogP contribution < -0.4 is 0 Å². The number of furan rings is 1. The van der Waals surface area contributed by atoms with Crippen molar-refractivity contribution in [3.63, 3.8) is 0 Å². The molecule has 1 aromatic heterocycles. The highest BCUT2D eigenvalue weighted by atomic mass is 16.5. The fourth-order valence-corrected chi connectivity index (χ4v) is 1.15. The molecule has 1 aromatic rings. The van der Waals surface area contributed by atoms with Crippen LogP contribution in [0.3, 0.4) is 0 Å². The van der Waals surface area contributed by atoms with Crippen LogP contribution in [-0.2, 0) is 16.0 Å². The van der Waals surface area contributed by atoms with Gasteiger partial charge in [0.25, 0.3) is 0 Å². The maximum Gasteiger partial charge on any atom is 0.349 e. The summed E-state index contributed by atoms with van der Waals surface area (Å²) in [5.41, 5.74) is -0.0566. The molecule has 1 heterocycles. The molecule has 1 rings (SSSR count). The fraction of sp³-hybridized carbons (Fsp3) is 0.333. The average molecular weight is 219 g/mol. The summed E-state index contributed by atoms with van der Waals surface area (Å²) in [5.74, 6) is 0.674. The lowest BCUT2D eigenvalue weighted by molar-refractivity contribution is -0.137. The first-order valence-corrected chi connectivity index (χ1v) is 5.08. The molecule has 16 heavy (non-hydrogen) atoms. The first kappa shape index (κ1) is 12.1. The number of esters is 1. The van der Waals surface area contributed by atoms with Crippen molar-refractivity contribution < 1.29 is 13.9 Å². The third kappa shape index (κ3) is 2.99. The largest absolute Gasteiger partial charge is 0.462 e. The number of aryl methyl sites for hydroxylation is 1. The van der Waals surface area contributed by atoms with Gasteiger partial charge in [0, 0.05) is 12.5 Å². The number of nitrogens with zero attached hydrogens (tertiary/aromatic N) is 1. The van der Waals surface area contributed by atoms with Crippen LogP contribution in [0.1, 0.15) is 25.4 Å². The van der Waals surface area contributed by atoms with Gasteiger partial charge < -0.3 is 9.15 Å². The van der Waals surface area contributed by atoms with E-state index in [1.807, 2.05) is 13.0 Å². The van der Waals surface area contributed by atoms with Gasteiger partial charge in [-0.25, -0.2) is 4.79 Å². The quantitative estimate of drug-likeness (QED) is 0.443. The highest BCUT2D eigenvalue weighted by Gasteiger charge is 2.10. The second-order valence-corrected chi connectivity index (χ2v) is 3.05. The van der Waals surface area contributed by atoms with Gasteiger partial charge in [-0.3, -0.25) is 0 Å². The Kier molecular flexibility index (Phi) is 4.34. The van der Waals surface area contributed by atoms with Crippen LogP contribution in [0, 0.1) is 11.3 Å². The first-order valence-electron chi connectivity index (χ1n) is 5.08. The third-order valence-corrected chi connectivity index (χ3v) is 1.93. The van der Waals surface area contributed by atoms with E-state index in [4.69, 9.17) is 14.4 Å². The molecule has 0 saturated heterocycles. The molecule has 0 bridgehead atoms. The second kappa shape index (κ2) is 5.76. The van der Waals surface area contributed by atoms with Crippen LogP contribution in [0.25, 0.3) is 6.08 Å². The maximum atomic E-state index is 11.3. The Labute approximate surface area is 94.1 Å². The van der Waals surface area contributed by atoms with Crippen molar-refractivity contribution in [3.05, 3.63) is 29.2 Å². The Morgan fingerprint density at radius 2 is 2.31 bits per heavy atom. The van der Waals surface area contributed by atoms with Crippen LogP contribution in [0.4, 0.5) is 0 Å². The summed E-state index contributed by atoms with van der Waals surface area (Å²) in [6.07, 6.45) is 2.16. The summed E-state index contributed by atoms with van der Waals surface area (Å²) >= 11 is 0. The van der Waals surface area contributed by atoms with Gasteiger partial charge in [-0.05, 0) is 19.1 Å². The number of rotatable bonds is 4. The number of hydrogen-bond donors (Lipinski definition) is 0. The van der Waals surface area contributed by atoms with E-state index in [1.54, 1.807) is 19.1 Å². The molecule has 4 nitrogen and oxygen atoms in total. The van der Waals surface area contributed by atoms with Crippen LogP contribution in [0.2, 0.25) is 0 Å². The van der Waals surface area contributed by atoms with Gasteiger partial charge in [0.15, 0.2) is 0 Å². The topological polar surface area (TPSA) is 63.2 Å². The third-order valence-electron chi connectivity index (χ3n) is 1.93. The number of carbonyl (C=O) groups excluding carboxylic acids is 1. The highest BCUT2D eigenvalue weighted by molar-refractivity contribution is 5.97. The van der Waals surface area contributed by atoms with Crippen LogP contribution in [0.5, 0.6) is 0 Å². The Hall–Kier alpha value is -2.02. The van der Waals surface area contributed by atoms with Crippen LogP contribution >= 0.6 is 0 Å². The molecule has 0 spiro atoms. The first-order chi connectivity index (χ1) is 7.71. The van der Waals surface area contributed by atoms with E-state index in [-0.39, 0.29) is 12.2 Å². The molecule has 0 aliphatic carbocycles. The molecule has 0 amide bonds. The Morgan fingerprint density at radius 1 is 1.56 bits per heavy atom. The lowest BCUT2D eigenvalue weighted by Crippen LogP contribution is -2.05. The Morgan fingerprint density at radius 3 is 2.81 bits per heavy atom. The van der Waals surface area contributed by atoms with Gasteiger partial charge in [0.1, 0.15) is 23.2 Å². The van der Waals surface area contributed by atoms with E-state index in [1.165, 1.54) is 6.08 Å². The van der Waals surface area contributed by atoms with E-state index in [9.17, 15) is 4.79 Å². The van der Waals surface area contributed by atoms with E-state index in [0.29, 0.717) is 5.76 Å². The smallest absolute Gasteiger partial charge is 0.349 e. The van der Waals surface area contributed by atoms with E-state index in [2.05, 4.69) is 0 Å². The van der Waals surface area contributed by atoms with Crippen molar-refractivity contribution in [2.75, 3.05) is 6.61 Å². The van der Waals surface area contributed by atoms with Gasteiger partial charge in [-0.2, -0.15) is 5.26 Å². The number of hydrogen-bond acceptors (Lipinski definition) is 4. The summed E-state index contributed by atoms with van der Waals surface area (Å²) in [6.45, 7) is 3.90. The molecule has 4 heteroatoms. The van der Waals surface area contributed by atoms with Crippen molar-refractivity contribution in [1.82, 2.24) is 0 Å². The maximum absolute atomic E-state index is 11.3. The lowest BCUT2D eigenvalue weighted by atomic mass is 10.2. The molecule has 84 valence electrons. The van der Waals surface area contributed by atoms with E-state index in [0.717, 1.165) is 12.2 Å². The van der Waals surface area contributed by atoms with E-state index >= 15 is 0 Å². The second-order valence-electron chi connectivity index (χ2n) is 3.05. The van der Waals surface area contributed by atoms with E-state index < -0.39 is 5.97 Å². The molecular weight excluding hydrogens is 206 g/mol.